The Labute approximate surface area is 133 Å². The number of hydrogen-bond acceptors (Lipinski definition) is 6. The molecule has 1 aromatic heterocycles. The summed E-state index contributed by atoms with van der Waals surface area (Å²) in [5.41, 5.74) is 1.96. The van der Waals surface area contributed by atoms with Gasteiger partial charge in [-0.1, -0.05) is 0 Å². The van der Waals surface area contributed by atoms with Gasteiger partial charge < -0.3 is 14.5 Å². The first kappa shape index (κ1) is 18.3. The number of carbonyl (C=O) groups excluding carboxylic acids is 3. The molecule has 1 aromatic rings. The number of aryl methyl sites for hydroxylation is 1. The number of nitrogens with one attached hydrogen (secondary N) is 1. The van der Waals surface area contributed by atoms with Gasteiger partial charge in [-0.25, -0.2) is 4.79 Å². The molecule has 1 atom stereocenters. The minimum Gasteiger partial charge on any atom is -0.468 e. The molecule has 0 amide bonds. The molecule has 0 spiro atoms. The van der Waals surface area contributed by atoms with E-state index in [1.807, 2.05) is 0 Å². The summed E-state index contributed by atoms with van der Waals surface area (Å²) < 4.78 is 9.55. The highest BCUT2D eigenvalue weighted by Gasteiger charge is 2.26. The van der Waals surface area contributed by atoms with Crippen LogP contribution in [0, 0.1) is 13.8 Å². The fraction of sp³-hybridized carbons (Fsp3) is 0.533. The zero-order valence-corrected chi connectivity index (χ0v) is 14.3. The molecule has 122 valence electrons. The van der Waals surface area contributed by atoms with Gasteiger partial charge in [0.25, 0.3) is 0 Å². The van der Waals surface area contributed by atoms with Crippen molar-refractivity contribution in [2.45, 2.75) is 32.9 Å². The topological polar surface area (TPSA) is 85.5 Å². The molecule has 0 aliphatic carbocycles. The molecule has 1 unspecified atom stereocenters. The number of ether oxygens (including phenoxy) is 2. The predicted octanol–water partition coefficient (Wildman–Crippen LogP) is 2.29. The lowest BCUT2D eigenvalue weighted by Crippen LogP contribution is -2.18. The molecule has 0 saturated carbocycles. The third kappa shape index (κ3) is 4.13. The number of thioether (sulfide) groups is 1. The fourth-order valence-corrected chi connectivity index (χ4v) is 2.81. The van der Waals surface area contributed by atoms with E-state index in [2.05, 4.69) is 9.72 Å². The Morgan fingerprint density at radius 1 is 1.27 bits per heavy atom. The lowest BCUT2D eigenvalue weighted by Gasteiger charge is -2.09. The highest BCUT2D eigenvalue weighted by Crippen LogP contribution is 2.23. The highest BCUT2D eigenvalue weighted by molar-refractivity contribution is 8.01. The number of carbonyl (C=O) groups is 3. The van der Waals surface area contributed by atoms with Crippen LogP contribution in [0.15, 0.2) is 0 Å². The number of aromatic nitrogens is 1. The number of methoxy groups -OCH3 is 1. The van der Waals surface area contributed by atoms with E-state index in [0.29, 0.717) is 22.5 Å². The molecule has 0 bridgehead atoms. The summed E-state index contributed by atoms with van der Waals surface area (Å²) in [6.07, 6.45) is 0. The Morgan fingerprint density at radius 3 is 2.45 bits per heavy atom. The van der Waals surface area contributed by atoms with Crippen molar-refractivity contribution in [3.8, 4) is 0 Å². The summed E-state index contributed by atoms with van der Waals surface area (Å²) >= 11 is 1.19. The van der Waals surface area contributed by atoms with Crippen LogP contribution in [0.4, 0.5) is 0 Å². The zero-order valence-electron chi connectivity index (χ0n) is 13.4. The van der Waals surface area contributed by atoms with E-state index in [-0.39, 0.29) is 24.1 Å². The lowest BCUT2D eigenvalue weighted by atomic mass is 10.1. The van der Waals surface area contributed by atoms with Gasteiger partial charge in [-0.15, -0.1) is 11.8 Å². The maximum Gasteiger partial charge on any atom is 0.340 e. The van der Waals surface area contributed by atoms with Gasteiger partial charge in [0.1, 0.15) is 0 Å². The monoisotopic (exact) mass is 327 g/mol. The third-order valence-corrected chi connectivity index (χ3v) is 4.33. The Kier molecular flexibility index (Phi) is 6.67. The maximum absolute atomic E-state index is 12.5. The van der Waals surface area contributed by atoms with Crippen molar-refractivity contribution in [3.05, 3.63) is 22.5 Å². The largest absolute Gasteiger partial charge is 0.468 e. The van der Waals surface area contributed by atoms with Gasteiger partial charge in [0, 0.05) is 5.69 Å². The second-order valence-corrected chi connectivity index (χ2v) is 6.07. The van der Waals surface area contributed by atoms with Crippen LogP contribution in [0.3, 0.4) is 0 Å². The van der Waals surface area contributed by atoms with Gasteiger partial charge in [-0.2, -0.15) is 0 Å². The van der Waals surface area contributed by atoms with E-state index < -0.39 is 11.2 Å². The third-order valence-electron chi connectivity index (χ3n) is 3.21. The van der Waals surface area contributed by atoms with Crippen molar-refractivity contribution in [2.75, 3.05) is 19.5 Å². The summed E-state index contributed by atoms with van der Waals surface area (Å²) in [6.45, 7) is 7.16. The summed E-state index contributed by atoms with van der Waals surface area (Å²) in [5.74, 6) is -0.878. The van der Waals surface area contributed by atoms with E-state index >= 15 is 0 Å². The number of Topliss-reactive ketones (excluding diaryl/α,β-unsaturated/α-hetero) is 1. The minimum absolute atomic E-state index is 0.104. The van der Waals surface area contributed by atoms with E-state index in [0.717, 1.165) is 0 Å². The van der Waals surface area contributed by atoms with Crippen LogP contribution in [0.1, 0.15) is 46.0 Å². The SMILES string of the molecule is CCOC(=O)c1c(C)[nH]c(C(=O)C(C)SCC(=O)OC)c1C. The smallest absolute Gasteiger partial charge is 0.340 e. The molecular weight excluding hydrogens is 306 g/mol. The van der Waals surface area contributed by atoms with Crippen molar-refractivity contribution >= 4 is 29.5 Å². The van der Waals surface area contributed by atoms with Gasteiger partial charge in [-0.3, -0.25) is 9.59 Å². The van der Waals surface area contributed by atoms with E-state index in [9.17, 15) is 14.4 Å². The van der Waals surface area contributed by atoms with Gasteiger partial charge in [0.2, 0.25) is 0 Å². The summed E-state index contributed by atoms with van der Waals surface area (Å²) in [6, 6.07) is 0. The predicted molar refractivity (Wildman–Crippen MR) is 84.5 cm³/mol. The molecule has 6 nitrogen and oxygen atoms in total. The van der Waals surface area contributed by atoms with E-state index in [1.165, 1.54) is 18.9 Å². The number of esters is 2. The standard InChI is InChI=1S/C15H21NO5S/c1-6-21-15(19)12-8(2)13(16-9(12)3)14(18)10(4)22-7-11(17)20-5/h10,16H,6-7H2,1-5H3. The quantitative estimate of drug-likeness (QED) is 0.611. The van der Waals surface area contributed by atoms with Crippen LogP contribution >= 0.6 is 11.8 Å². The van der Waals surface area contributed by atoms with Crippen LogP contribution in [-0.4, -0.2) is 47.4 Å². The van der Waals surface area contributed by atoms with Gasteiger partial charge in [0.05, 0.1) is 36.0 Å². The highest BCUT2D eigenvalue weighted by atomic mass is 32.2. The van der Waals surface area contributed by atoms with Gasteiger partial charge in [-0.05, 0) is 33.3 Å². The second-order valence-electron chi connectivity index (χ2n) is 4.74. The average Bonchev–Trinajstić information content (AvgIpc) is 2.78. The van der Waals surface area contributed by atoms with Crippen molar-refractivity contribution < 1.29 is 23.9 Å². The zero-order chi connectivity index (χ0) is 16.9. The molecule has 0 aliphatic rings. The molecule has 7 heteroatoms. The van der Waals surface area contributed by atoms with Crippen LogP contribution in [0.25, 0.3) is 0 Å². The van der Waals surface area contributed by atoms with Crippen molar-refractivity contribution in [3.63, 3.8) is 0 Å². The maximum atomic E-state index is 12.5. The number of aromatic amines is 1. The van der Waals surface area contributed by atoms with Crippen LogP contribution in [0.2, 0.25) is 0 Å². The molecule has 0 aliphatic heterocycles. The molecule has 1 N–H and O–H groups in total. The second kappa shape index (κ2) is 8.03. The molecule has 22 heavy (non-hydrogen) atoms. The lowest BCUT2D eigenvalue weighted by molar-refractivity contribution is -0.137. The number of rotatable bonds is 7. The number of hydrogen-bond donors (Lipinski definition) is 1. The fourth-order valence-electron chi connectivity index (χ4n) is 2.04. The Balaban J connectivity index is 2.93. The van der Waals surface area contributed by atoms with Crippen molar-refractivity contribution in [1.29, 1.82) is 0 Å². The summed E-state index contributed by atoms with van der Waals surface area (Å²) in [7, 11) is 1.31. The van der Waals surface area contributed by atoms with Crippen LogP contribution < -0.4 is 0 Å². The molecule has 1 heterocycles. The molecule has 1 rings (SSSR count). The van der Waals surface area contributed by atoms with Crippen LogP contribution in [-0.2, 0) is 14.3 Å². The first-order chi connectivity index (χ1) is 10.3. The first-order valence-electron chi connectivity index (χ1n) is 6.92. The normalized spacial score (nSPS) is 11.9. The number of H-pyrrole nitrogens is 1. The van der Waals surface area contributed by atoms with Crippen molar-refractivity contribution in [1.82, 2.24) is 4.98 Å². The van der Waals surface area contributed by atoms with Gasteiger partial charge >= 0.3 is 11.9 Å². The Bertz CT molecular complexity index is 579. The Hall–Kier alpha value is -1.76. The molecule has 0 fully saturated rings. The molecule has 0 radical (unpaired) electrons. The van der Waals surface area contributed by atoms with E-state index in [4.69, 9.17) is 4.74 Å². The molecule has 0 aromatic carbocycles. The Morgan fingerprint density at radius 2 is 1.91 bits per heavy atom. The van der Waals surface area contributed by atoms with Crippen LogP contribution in [0.5, 0.6) is 0 Å². The summed E-state index contributed by atoms with van der Waals surface area (Å²) in [4.78, 5) is 38.5. The molecular formula is C15H21NO5S. The summed E-state index contributed by atoms with van der Waals surface area (Å²) in [5, 5.41) is -0.425. The minimum atomic E-state index is -0.442. The van der Waals surface area contributed by atoms with Gasteiger partial charge in [0.15, 0.2) is 5.78 Å². The van der Waals surface area contributed by atoms with Crippen molar-refractivity contribution in [2.24, 2.45) is 0 Å². The molecule has 0 saturated heterocycles. The van der Waals surface area contributed by atoms with E-state index in [1.54, 1.807) is 27.7 Å². The number of ketones is 1. The first-order valence-corrected chi connectivity index (χ1v) is 7.97. The average molecular weight is 327 g/mol.